The molecular formula is C20H23N3O5S. The summed E-state index contributed by atoms with van der Waals surface area (Å²) < 4.78 is 16.0. The van der Waals surface area contributed by atoms with E-state index in [9.17, 15) is 14.9 Å². The van der Waals surface area contributed by atoms with Gasteiger partial charge in [0.2, 0.25) is 5.91 Å². The number of hydrogen-bond acceptors (Lipinski definition) is 8. The molecule has 9 heteroatoms. The Morgan fingerprint density at radius 2 is 2.17 bits per heavy atom. The lowest BCUT2D eigenvalue weighted by atomic mass is 9.86. The number of thioether (sulfide) groups is 1. The Balaban J connectivity index is 1.86. The second kappa shape index (κ2) is 9.67. The first-order valence-electron chi connectivity index (χ1n) is 9.37. The highest BCUT2D eigenvalue weighted by molar-refractivity contribution is 8.03. The van der Waals surface area contributed by atoms with Crippen molar-refractivity contribution in [1.29, 1.82) is 5.26 Å². The quantitative estimate of drug-likeness (QED) is 0.702. The minimum atomic E-state index is -0.684. The van der Waals surface area contributed by atoms with Crippen LogP contribution >= 0.6 is 11.8 Å². The number of esters is 1. The molecule has 0 aromatic carbocycles. The molecule has 1 atom stereocenters. The Bertz CT molecular complexity index is 863. The number of carbonyl (C=O) groups is 2. The number of hydrogen-bond donors (Lipinski definition) is 1. The molecule has 1 N–H and O–H groups in total. The maximum Gasteiger partial charge on any atom is 0.336 e. The topological polar surface area (TPSA) is 105 Å². The summed E-state index contributed by atoms with van der Waals surface area (Å²) in [6.07, 6.45) is 1.50. The average molecular weight is 417 g/mol. The Hall–Kier alpha value is -2.70. The summed E-state index contributed by atoms with van der Waals surface area (Å²) in [5.41, 5.74) is 1.24. The van der Waals surface area contributed by atoms with Crippen LogP contribution in [0, 0.1) is 11.3 Å². The molecule has 1 fully saturated rings. The first kappa shape index (κ1) is 21.0. The van der Waals surface area contributed by atoms with Crippen molar-refractivity contribution in [1.82, 2.24) is 10.2 Å². The number of amides is 1. The van der Waals surface area contributed by atoms with Crippen LogP contribution < -0.4 is 5.32 Å². The number of nitrogens with zero attached hydrogens (tertiary/aromatic N) is 2. The first-order valence-corrected chi connectivity index (χ1v) is 10.4. The monoisotopic (exact) mass is 417 g/mol. The smallest absolute Gasteiger partial charge is 0.336 e. The summed E-state index contributed by atoms with van der Waals surface area (Å²) in [5, 5.41) is 13.5. The van der Waals surface area contributed by atoms with Crippen molar-refractivity contribution in [2.24, 2.45) is 0 Å². The minimum Gasteiger partial charge on any atom is -0.468 e. The van der Waals surface area contributed by atoms with Gasteiger partial charge in [-0.2, -0.15) is 5.26 Å². The third-order valence-electron chi connectivity index (χ3n) is 4.67. The molecule has 0 radical (unpaired) electrons. The van der Waals surface area contributed by atoms with E-state index in [2.05, 4.69) is 11.4 Å². The number of dihydropyridines is 1. The van der Waals surface area contributed by atoms with Gasteiger partial charge in [0, 0.05) is 18.8 Å². The zero-order valence-electron chi connectivity index (χ0n) is 16.4. The molecule has 29 heavy (non-hydrogen) atoms. The summed E-state index contributed by atoms with van der Waals surface area (Å²) >= 11 is 1.25. The van der Waals surface area contributed by atoms with Crippen LogP contribution in [0.4, 0.5) is 0 Å². The van der Waals surface area contributed by atoms with Crippen molar-refractivity contribution in [3.8, 4) is 6.07 Å². The van der Waals surface area contributed by atoms with Gasteiger partial charge in [0.05, 0.1) is 60.0 Å². The highest BCUT2D eigenvalue weighted by Gasteiger charge is 2.37. The highest BCUT2D eigenvalue weighted by atomic mass is 32.2. The Labute approximate surface area is 173 Å². The third-order valence-corrected chi connectivity index (χ3v) is 5.68. The third kappa shape index (κ3) is 4.66. The number of ether oxygens (including phenoxy) is 2. The number of rotatable bonds is 6. The molecule has 0 unspecified atom stereocenters. The van der Waals surface area contributed by atoms with Gasteiger partial charge in [0.25, 0.3) is 0 Å². The molecule has 8 nitrogen and oxygen atoms in total. The van der Waals surface area contributed by atoms with E-state index in [0.717, 1.165) is 0 Å². The van der Waals surface area contributed by atoms with Gasteiger partial charge in [-0.25, -0.2) is 4.79 Å². The molecule has 0 aliphatic carbocycles. The molecule has 3 rings (SSSR count). The number of furan rings is 1. The predicted octanol–water partition coefficient (Wildman–Crippen LogP) is 2.13. The van der Waals surface area contributed by atoms with E-state index in [-0.39, 0.29) is 18.3 Å². The van der Waals surface area contributed by atoms with Gasteiger partial charge in [0.15, 0.2) is 0 Å². The number of carbonyl (C=O) groups excluding carboxylic acids is 2. The molecule has 1 aromatic heterocycles. The number of morpholine rings is 1. The fourth-order valence-electron chi connectivity index (χ4n) is 3.28. The summed E-state index contributed by atoms with van der Waals surface area (Å²) in [6.45, 7) is 5.90. The van der Waals surface area contributed by atoms with Crippen LogP contribution in [0.1, 0.15) is 25.5 Å². The summed E-state index contributed by atoms with van der Waals surface area (Å²) in [4.78, 5) is 26.8. The summed E-state index contributed by atoms with van der Waals surface area (Å²) in [6, 6.07) is 5.62. The number of nitrogens with one attached hydrogen (secondary N) is 1. The normalized spacial score (nSPS) is 19.6. The highest BCUT2D eigenvalue weighted by Crippen LogP contribution is 2.41. The van der Waals surface area contributed by atoms with Gasteiger partial charge < -0.3 is 24.1 Å². The number of nitriles is 1. The lowest BCUT2D eigenvalue weighted by Gasteiger charge is -2.29. The fraction of sp³-hybridized carbons (Fsp3) is 0.450. The van der Waals surface area contributed by atoms with Gasteiger partial charge in [-0.3, -0.25) is 4.79 Å². The standard InChI is InChI=1S/C20H23N3O5S/c1-3-27-20(25)17-13(2)22-19(14(11-21)18(17)15-5-4-8-28-15)29-12-16(24)23-6-9-26-10-7-23/h4-5,8,18,22H,3,6-7,9-10,12H2,1-2H3/t18-/m1/s1. The SMILES string of the molecule is CCOC(=O)C1=C(C)NC(SCC(=O)N2CCOCC2)=C(C#N)[C@@H]1c1ccco1. The second-order valence-electron chi connectivity index (χ2n) is 6.47. The Morgan fingerprint density at radius 3 is 2.79 bits per heavy atom. The first-order chi connectivity index (χ1) is 14.1. The summed E-state index contributed by atoms with van der Waals surface area (Å²) in [5.74, 6) is -0.544. The van der Waals surface area contributed by atoms with Crippen molar-refractivity contribution in [2.45, 2.75) is 19.8 Å². The zero-order valence-corrected chi connectivity index (χ0v) is 17.2. The molecule has 2 aliphatic heterocycles. The minimum absolute atomic E-state index is 0.0164. The van der Waals surface area contributed by atoms with Crippen molar-refractivity contribution < 1.29 is 23.5 Å². The van der Waals surface area contributed by atoms with E-state index in [1.54, 1.807) is 30.9 Å². The van der Waals surface area contributed by atoms with Crippen LogP contribution in [0.15, 0.2) is 44.7 Å². The van der Waals surface area contributed by atoms with Crippen LogP contribution in [0.2, 0.25) is 0 Å². The Morgan fingerprint density at radius 1 is 1.41 bits per heavy atom. The number of allylic oxidation sites excluding steroid dienone is 2. The molecule has 0 bridgehead atoms. The van der Waals surface area contributed by atoms with Gasteiger partial charge >= 0.3 is 5.97 Å². The van der Waals surface area contributed by atoms with Gasteiger partial charge in [-0.15, -0.1) is 0 Å². The lowest BCUT2D eigenvalue weighted by molar-refractivity contribution is -0.139. The molecular weight excluding hydrogens is 394 g/mol. The molecule has 0 saturated carbocycles. The van der Waals surface area contributed by atoms with Crippen LogP contribution in [-0.4, -0.2) is 55.4 Å². The van der Waals surface area contributed by atoms with Crippen LogP contribution in [0.3, 0.4) is 0 Å². The molecule has 154 valence electrons. The maximum atomic E-state index is 12.6. The largest absolute Gasteiger partial charge is 0.468 e. The maximum absolute atomic E-state index is 12.6. The van der Waals surface area contributed by atoms with Crippen molar-refractivity contribution in [3.05, 3.63) is 46.0 Å². The summed E-state index contributed by atoms with van der Waals surface area (Å²) in [7, 11) is 0. The molecule has 3 heterocycles. The van der Waals surface area contributed by atoms with E-state index in [0.29, 0.717) is 53.9 Å². The van der Waals surface area contributed by atoms with Crippen LogP contribution in [0.25, 0.3) is 0 Å². The molecule has 2 aliphatic rings. The van der Waals surface area contributed by atoms with Gasteiger partial charge in [-0.05, 0) is 26.0 Å². The lowest BCUT2D eigenvalue weighted by Crippen LogP contribution is -2.41. The van der Waals surface area contributed by atoms with E-state index < -0.39 is 11.9 Å². The van der Waals surface area contributed by atoms with Crippen LogP contribution in [-0.2, 0) is 19.1 Å². The van der Waals surface area contributed by atoms with Crippen molar-refractivity contribution in [2.75, 3.05) is 38.7 Å². The Kier molecular flexibility index (Phi) is 7.01. The fourth-order valence-corrected chi connectivity index (χ4v) is 4.28. The van der Waals surface area contributed by atoms with Gasteiger partial charge in [0.1, 0.15) is 5.76 Å². The predicted molar refractivity (Wildman–Crippen MR) is 106 cm³/mol. The van der Waals surface area contributed by atoms with E-state index in [4.69, 9.17) is 13.9 Å². The molecule has 1 aromatic rings. The van der Waals surface area contributed by atoms with E-state index >= 15 is 0 Å². The molecule has 1 saturated heterocycles. The van der Waals surface area contributed by atoms with E-state index in [1.165, 1.54) is 18.0 Å². The van der Waals surface area contributed by atoms with Crippen molar-refractivity contribution in [3.63, 3.8) is 0 Å². The zero-order chi connectivity index (χ0) is 20.8. The molecule has 0 spiro atoms. The second-order valence-corrected chi connectivity index (χ2v) is 7.45. The molecule has 1 amide bonds. The average Bonchev–Trinajstić information content (AvgIpc) is 3.26. The van der Waals surface area contributed by atoms with E-state index in [1.807, 2.05) is 0 Å². The van der Waals surface area contributed by atoms with Gasteiger partial charge in [-0.1, -0.05) is 11.8 Å². The van der Waals surface area contributed by atoms with Crippen molar-refractivity contribution >= 4 is 23.6 Å². The van der Waals surface area contributed by atoms with Crippen LogP contribution in [0.5, 0.6) is 0 Å².